The van der Waals surface area contributed by atoms with Crippen LogP contribution in [0.1, 0.15) is 35.7 Å². The summed E-state index contributed by atoms with van der Waals surface area (Å²) in [7, 11) is 0. The Hall–Kier alpha value is -2.82. The number of nitrogens with zero attached hydrogens (tertiary/aromatic N) is 5. The first-order valence-corrected chi connectivity index (χ1v) is 7.75. The number of aromatic nitrogens is 5. The molecule has 0 fully saturated rings. The first kappa shape index (κ1) is 13.8. The second-order valence-electron chi connectivity index (χ2n) is 5.72. The molecule has 0 amide bonds. The third-order valence-electron chi connectivity index (χ3n) is 3.98. The van der Waals surface area contributed by atoms with Crippen LogP contribution in [0.25, 0.3) is 30.0 Å². The summed E-state index contributed by atoms with van der Waals surface area (Å²) in [5, 5.41) is 6.80. The van der Waals surface area contributed by atoms with E-state index < -0.39 is 0 Å². The number of hydrogen-bond acceptors (Lipinski definition) is 4. The molecule has 1 aliphatic rings. The van der Waals surface area contributed by atoms with Crippen molar-refractivity contribution in [2.45, 2.75) is 26.7 Å². The van der Waals surface area contributed by atoms with Crippen molar-refractivity contribution in [3.05, 3.63) is 51.8 Å². The summed E-state index contributed by atoms with van der Waals surface area (Å²) in [4.78, 5) is 13.5. The Kier molecular flexibility index (Phi) is 3.26. The van der Waals surface area contributed by atoms with Gasteiger partial charge in [-0.15, -0.1) is 5.10 Å². The zero-order chi connectivity index (χ0) is 15.8. The summed E-state index contributed by atoms with van der Waals surface area (Å²) in [6.07, 6.45) is 12.2. The van der Waals surface area contributed by atoms with E-state index in [9.17, 15) is 0 Å². The lowest BCUT2D eigenvalue weighted by molar-refractivity contribution is 0.884. The largest absolute Gasteiger partial charge is 0.256 e. The van der Waals surface area contributed by atoms with Gasteiger partial charge in [-0.2, -0.15) is 0 Å². The maximum Gasteiger partial charge on any atom is 0.177 e. The molecule has 5 nitrogen and oxygen atoms in total. The van der Waals surface area contributed by atoms with Crippen molar-refractivity contribution in [3.63, 3.8) is 0 Å². The summed E-state index contributed by atoms with van der Waals surface area (Å²) in [5.74, 6) is 0.666. The molecular weight excluding hydrogens is 286 g/mol. The summed E-state index contributed by atoms with van der Waals surface area (Å²) in [6, 6.07) is 4.14. The number of pyridine rings is 1. The Morgan fingerprint density at radius 2 is 1.91 bits per heavy atom. The summed E-state index contributed by atoms with van der Waals surface area (Å²) < 4.78 is 1.82. The normalized spacial score (nSPS) is 13.8. The van der Waals surface area contributed by atoms with Crippen LogP contribution in [0.15, 0.2) is 18.3 Å². The van der Waals surface area contributed by atoms with Crippen molar-refractivity contribution < 1.29 is 0 Å². The first-order valence-electron chi connectivity index (χ1n) is 7.75. The van der Waals surface area contributed by atoms with Gasteiger partial charge in [-0.25, -0.2) is 14.5 Å². The Labute approximate surface area is 133 Å². The van der Waals surface area contributed by atoms with E-state index in [4.69, 9.17) is 0 Å². The molecule has 0 bridgehead atoms. The highest BCUT2D eigenvalue weighted by Gasteiger charge is 2.06. The van der Waals surface area contributed by atoms with Crippen LogP contribution in [0.3, 0.4) is 0 Å². The Morgan fingerprint density at radius 1 is 1.04 bits per heavy atom. The van der Waals surface area contributed by atoms with Crippen molar-refractivity contribution in [2.24, 2.45) is 0 Å². The Morgan fingerprint density at radius 3 is 2.78 bits per heavy atom. The third-order valence-corrected chi connectivity index (χ3v) is 3.98. The van der Waals surface area contributed by atoms with Gasteiger partial charge in [-0.3, -0.25) is 4.98 Å². The van der Waals surface area contributed by atoms with Gasteiger partial charge in [0.15, 0.2) is 11.5 Å². The number of aryl methyl sites for hydroxylation is 2. The monoisotopic (exact) mass is 303 g/mol. The molecule has 0 saturated carbocycles. The highest BCUT2D eigenvalue weighted by atomic mass is 15.3. The smallest absolute Gasteiger partial charge is 0.177 e. The molecule has 0 saturated heterocycles. The lowest BCUT2D eigenvalue weighted by Gasteiger charge is -1.99. The van der Waals surface area contributed by atoms with Gasteiger partial charge < -0.3 is 0 Å². The summed E-state index contributed by atoms with van der Waals surface area (Å²) in [5.41, 5.74) is 3.56. The minimum absolute atomic E-state index is 0.666. The van der Waals surface area contributed by atoms with E-state index in [-0.39, 0.29) is 0 Å². The summed E-state index contributed by atoms with van der Waals surface area (Å²) >= 11 is 0. The van der Waals surface area contributed by atoms with Crippen molar-refractivity contribution in [1.29, 1.82) is 0 Å². The predicted octanol–water partition coefficient (Wildman–Crippen LogP) is 1.66. The fraction of sp³-hybridized carbons (Fsp3) is 0.222. The molecule has 4 rings (SSSR count). The van der Waals surface area contributed by atoms with Gasteiger partial charge >= 0.3 is 0 Å². The van der Waals surface area contributed by atoms with Gasteiger partial charge in [0.2, 0.25) is 0 Å². The van der Waals surface area contributed by atoms with E-state index in [2.05, 4.69) is 38.3 Å². The van der Waals surface area contributed by atoms with Gasteiger partial charge in [-0.1, -0.05) is 18.2 Å². The van der Waals surface area contributed by atoms with Crippen LogP contribution < -0.4 is 10.6 Å². The predicted molar refractivity (Wildman–Crippen MR) is 90.8 cm³/mol. The average Bonchev–Trinajstić information content (AvgIpc) is 3.02. The molecule has 0 N–H and O–H groups in total. The molecule has 5 heteroatoms. The van der Waals surface area contributed by atoms with Crippen LogP contribution >= 0.6 is 0 Å². The van der Waals surface area contributed by atoms with Crippen LogP contribution in [-0.4, -0.2) is 24.6 Å². The SMILES string of the molecule is Cc1ncc(C)n2nc(/C=C\c3ccc4c(n3)=CCCC=4)nc12. The van der Waals surface area contributed by atoms with Crippen LogP contribution in [0, 0.1) is 13.8 Å². The van der Waals surface area contributed by atoms with E-state index in [1.54, 1.807) is 0 Å². The molecule has 23 heavy (non-hydrogen) atoms. The molecule has 3 aromatic heterocycles. The topological polar surface area (TPSA) is 56.0 Å². The van der Waals surface area contributed by atoms with Gasteiger partial charge in [0.25, 0.3) is 0 Å². The average molecular weight is 303 g/mol. The minimum Gasteiger partial charge on any atom is -0.256 e. The van der Waals surface area contributed by atoms with Crippen LogP contribution in [0.4, 0.5) is 0 Å². The third kappa shape index (κ3) is 2.54. The lowest BCUT2D eigenvalue weighted by atomic mass is 10.1. The Bertz CT molecular complexity index is 1000. The Balaban J connectivity index is 1.72. The fourth-order valence-electron chi connectivity index (χ4n) is 2.73. The number of rotatable bonds is 2. The lowest BCUT2D eigenvalue weighted by Crippen LogP contribution is -2.30. The second kappa shape index (κ2) is 5.43. The van der Waals surface area contributed by atoms with E-state index >= 15 is 0 Å². The zero-order valence-corrected chi connectivity index (χ0v) is 13.2. The maximum atomic E-state index is 4.67. The molecule has 0 aromatic carbocycles. The first-order chi connectivity index (χ1) is 11.2. The van der Waals surface area contributed by atoms with Crippen LogP contribution in [-0.2, 0) is 0 Å². The molecule has 0 aliphatic heterocycles. The van der Waals surface area contributed by atoms with Gasteiger partial charge in [0.1, 0.15) is 0 Å². The molecule has 0 unspecified atom stereocenters. The van der Waals surface area contributed by atoms with E-state index in [0.717, 1.165) is 40.9 Å². The maximum absolute atomic E-state index is 4.67. The molecule has 1 aliphatic carbocycles. The molecule has 0 atom stereocenters. The van der Waals surface area contributed by atoms with E-state index in [0.29, 0.717) is 5.82 Å². The van der Waals surface area contributed by atoms with Gasteiger partial charge in [-0.05, 0) is 50.1 Å². The van der Waals surface area contributed by atoms with Gasteiger partial charge in [0.05, 0.1) is 22.4 Å². The zero-order valence-electron chi connectivity index (χ0n) is 13.2. The minimum atomic E-state index is 0.666. The van der Waals surface area contributed by atoms with Crippen molar-refractivity contribution in [1.82, 2.24) is 24.6 Å². The van der Waals surface area contributed by atoms with E-state index in [1.165, 1.54) is 5.22 Å². The molecule has 3 heterocycles. The number of fused-ring (bicyclic) bond motifs is 2. The quantitative estimate of drug-likeness (QED) is 0.722. The highest BCUT2D eigenvalue weighted by Crippen LogP contribution is 2.09. The molecule has 0 radical (unpaired) electrons. The standard InChI is InChI=1S/C18H17N5/c1-12-11-19-13(2)18-21-17(22-23(12)18)10-9-15-8-7-14-5-3-4-6-16(14)20-15/h5-11H,3-4H2,1-2H3/b10-9-. The van der Waals surface area contributed by atoms with Crippen LogP contribution in [0.2, 0.25) is 0 Å². The molecule has 114 valence electrons. The molecule has 3 aromatic rings. The van der Waals surface area contributed by atoms with Gasteiger partial charge in [0, 0.05) is 6.20 Å². The van der Waals surface area contributed by atoms with Crippen LogP contribution in [0.5, 0.6) is 0 Å². The fourth-order valence-corrected chi connectivity index (χ4v) is 2.73. The summed E-state index contributed by atoms with van der Waals surface area (Å²) in [6.45, 7) is 3.91. The number of hydrogen-bond donors (Lipinski definition) is 0. The molecule has 0 spiro atoms. The van der Waals surface area contributed by atoms with Crippen molar-refractivity contribution >= 4 is 30.0 Å². The highest BCUT2D eigenvalue weighted by molar-refractivity contribution is 5.65. The second-order valence-corrected chi connectivity index (χ2v) is 5.72. The molecular formula is C18H17N5. The van der Waals surface area contributed by atoms with E-state index in [1.807, 2.05) is 42.8 Å². The van der Waals surface area contributed by atoms with Crippen molar-refractivity contribution in [3.8, 4) is 0 Å². The van der Waals surface area contributed by atoms with Crippen molar-refractivity contribution in [2.75, 3.05) is 0 Å².